The van der Waals surface area contributed by atoms with Crippen molar-refractivity contribution < 1.29 is 0 Å². The molecule has 2 nitrogen and oxygen atoms in total. The maximum absolute atomic E-state index is 5.70. The van der Waals surface area contributed by atoms with E-state index in [1.807, 2.05) is 13.0 Å². The summed E-state index contributed by atoms with van der Waals surface area (Å²) in [6.45, 7) is 2.04. The van der Waals surface area contributed by atoms with Gasteiger partial charge in [-0.15, -0.1) is 12.6 Å². The summed E-state index contributed by atoms with van der Waals surface area (Å²) in [5, 5.41) is 0. The lowest BCUT2D eigenvalue weighted by atomic mass is 10.1. The zero-order valence-corrected chi connectivity index (χ0v) is 7.36. The van der Waals surface area contributed by atoms with E-state index < -0.39 is 0 Å². The zero-order valence-electron chi connectivity index (χ0n) is 6.46. The molecule has 0 aliphatic carbocycles. The Morgan fingerprint density at radius 3 is 2.45 bits per heavy atom. The molecule has 0 radical (unpaired) electrons. The van der Waals surface area contributed by atoms with E-state index in [4.69, 9.17) is 11.5 Å². The standard InChI is InChI=1S/C8H12N2S/c1-2-5-3-7(10)8(11)4-6(5)9/h3-4,11H,2,9-10H2,1H3. The lowest BCUT2D eigenvalue weighted by Crippen LogP contribution is -1.96. The molecule has 0 saturated heterocycles. The van der Waals surface area contributed by atoms with Crippen LogP contribution in [0.2, 0.25) is 0 Å². The van der Waals surface area contributed by atoms with Crippen LogP contribution < -0.4 is 11.5 Å². The minimum absolute atomic E-state index is 0.694. The summed E-state index contributed by atoms with van der Waals surface area (Å²) in [5.41, 5.74) is 13.9. The summed E-state index contributed by atoms with van der Waals surface area (Å²) >= 11 is 4.15. The van der Waals surface area contributed by atoms with Gasteiger partial charge in [0.1, 0.15) is 0 Å². The molecule has 3 heteroatoms. The molecule has 0 aliphatic heterocycles. The fraction of sp³-hybridized carbons (Fsp3) is 0.250. The first-order valence-electron chi connectivity index (χ1n) is 3.52. The Kier molecular flexibility index (Phi) is 2.29. The molecule has 11 heavy (non-hydrogen) atoms. The van der Waals surface area contributed by atoms with Gasteiger partial charge in [-0.1, -0.05) is 6.92 Å². The van der Waals surface area contributed by atoms with Gasteiger partial charge < -0.3 is 11.5 Å². The second-order valence-electron chi connectivity index (χ2n) is 2.46. The summed E-state index contributed by atoms with van der Waals surface area (Å²) in [6, 6.07) is 3.66. The Labute approximate surface area is 72.0 Å². The third-order valence-corrected chi connectivity index (χ3v) is 2.06. The van der Waals surface area contributed by atoms with Gasteiger partial charge in [0.25, 0.3) is 0 Å². The van der Waals surface area contributed by atoms with Crippen LogP contribution in [0.3, 0.4) is 0 Å². The van der Waals surface area contributed by atoms with Crippen molar-refractivity contribution in [2.75, 3.05) is 11.5 Å². The average molecular weight is 168 g/mol. The highest BCUT2D eigenvalue weighted by atomic mass is 32.1. The van der Waals surface area contributed by atoms with Crippen molar-refractivity contribution in [1.82, 2.24) is 0 Å². The first-order chi connectivity index (χ1) is 5.15. The summed E-state index contributed by atoms with van der Waals surface area (Å²) in [5.74, 6) is 0. The second kappa shape index (κ2) is 3.05. The SMILES string of the molecule is CCc1cc(N)c(S)cc1N. The Hall–Kier alpha value is -0.830. The van der Waals surface area contributed by atoms with Crippen LogP contribution in [-0.4, -0.2) is 0 Å². The fourth-order valence-corrected chi connectivity index (χ4v) is 1.18. The van der Waals surface area contributed by atoms with E-state index in [-0.39, 0.29) is 0 Å². The third kappa shape index (κ3) is 1.60. The predicted octanol–water partition coefficient (Wildman–Crippen LogP) is 1.70. The highest BCUT2D eigenvalue weighted by molar-refractivity contribution is 7.80. The van der Waals surface area contributed by atoms with Crippen molar-refractivity contribution in [2.24, 2.45) is 0 Å². The van der Waals surface area contributed by atoms with E-state index in [9.17, 15) is 0 Å². The van der Waals surface area contributed by atoms with E-state index in [1.165, 1.54) is 0 Å². The van der Waals surface area contributed by atoms with Crippen molar-refractivity contribution in [3.8, 4) is 0 Å². The molecule has 0 spiro atoms. The fourth-order valence-electron chi connectivity index (χ4n) is 0.974. The molecule has 60 valence electrons. The molecular formula is C8H12N2S. The number of anilines is 2. The number of benzene rings is 1. The number of thiol groups is 1. The van der Waals surface area contributed by atoms with Gasteiger partial charge in [-0.05, 0) is 24.1 Å². The minimum Gasteiger partial charge on any atom is -0.398 e. The topological polar surface area (TPSA) is 52.0 Å². The van der Waals surface area contributed by atoms with Crippen LogP contribution in [-0.2, 0) is 6.42 Å². The molecule has 1 rings (SSSR count). The van der Waals surface area contributed by atoms with E-state index >= 15 is 0 Å². The van der Waals surface area contributed by atoms with Crippen LogP contribution in [0.1, 0.15) is 12.5 Å². The van der Waals surface area contributed by atoms with E-state index in [0.29, 0.717) is 5.69 Å². The van der Waals surface area contributed by atoms with Crippen LogP contribution in [0.25, 0.3) is 0 Å². The van der Waals surface area contributed by atoms with E-state index in [0.717, 1.165) is 22.6 Å². The van der Waals surface area contributed by atoms with Crippen molar-refractivity contribution in [2.45, 2.75) is 18.2 Å². The average Bonchev–Trinajstić information content (AvgIpc) is 1.97. The smallest absolute Gasteiger partial charge is 0.0453 e. The molecule has 1 aromatic carbocycles. The number of hydrogen-bond donors (Lipinski definition) is 3. The van der Waals surface area contributed by atoms with Gasteiger partial charge in [-0.3, -0.25) is 0 Å². The summed E-state index contributed by atoms with van der Waals surface area (Å²) in [4.78, 5) is 0.750. The molecule has 0 bridgehead atoms. The lowest BCUT2D eigenvalue weighted by Gasteiger charge is -2.05. The number of hydrogen-bond acceptors (Lipinski definition) is 3. The number of aryl methyl sites for hydroxylation is 1. The molecule has 0 saturated carbocycles. The van der Waals surface area contributed by atoms with Crippen LogP contribution in [0.15, 0.2) is 17.0 Å². The van der Waals surface area contributed by atoms with Crippen molar-refractivity contribution in [1.29, 1.82) is 0 Å². The van der Waals surface area contributed by atoms with Crippen molar-refractivity contribution in [3.63, 3.8) is 0 Å². The zero-order chi connectivity index (χ0) is 8.43. The maximum atomic E-state index is 5.70. The Bertz CT molecular complexity index is 271. The molecule has 0 fully saturated rings. The Balaban J connectivity index is 3.21. The molecule has 1 aromatic rings. The van der Waals surface area contributed by atoms with Crippen molar-refractivity contribution in [3.05, 3.63) is 17.7 Å². The van der Waals surface area contributed by atoms with Gasteiger partial charge >= 0.3 is 0 Å². The van der Waals surface area contributed by atoms with Gasteiger partial charge in [-0.2, -0.15) is 0 Å². The summed E-state index contributed by atoms with van der Waals surface area (Å²) in [7, 11) is 0. The molecule has 0 amide bonds. The van der Waals surface area contributed by atoms with Gasteiger partial charge in [0, 0.05) is 16.3 Å². The maximum Gasteiger partial charge on any atom is 0.0453 e. The van der Waals surface area contributed by atoms with Crippen LogP contribution in [0.4, 0.5) is 11.4 Å². The number of nitrogens with two attached hydrogens (primary N) is 2. The summed E-state index contributed by atoms with van der Waals surface area (Å²) < 4.78 is 0. The van der Waals surface area contributed by atoms with Gasteiger partial charge in [0.2, 0.25) is 0 Å². The monoisotopic (exact) mass is 168 g/mol. The molecule has 0 heterocycles. The first kappa shape index (κ1) is 8.27. The number of nitrogen functional groups attached to an aromatic ring is 2. The molecule has 0 aliphatic rings. The van der Waals surface area contributed by atoms with Crippen LogP contribution in [0, 0.1) is 0 Å². The number of rotatable bonds is 1. The second-order valence-corrected chi connectivity index (χ2v) is 2.95. The molecular weight excluding hydrogens is 156 g/mol. The third-order valence-electron chi connectivity index (χ3n) is 1.67. The molecule has 0 aromatic heterocycles. The predicted molar refractivity (Wildman–Crippen MR) is 51.9 cm³/mol. The Morgan fingerprint density at radius 1 is 1.27 bits per heavy atom. The molecule has 0 unspecified atom stereocenters. The van der Waals surface area contributed by atoms with Crippen molar-refractivity contribution >= 4 is 24.0 Å². The van der Waals surface area contributed by atoms with Gasteiger partial charge in [-0.25, -0.2) is 0 Å². The minimum atomic E-state index is 0.694. The molecule has 0 atom stereocenters. The quantitative estimate of drug-likeness (QED) is 0.441. The van der Waals surface area contributed by atoms with Gasteiger partial charge in [0.15, 0.2) is 0 Å². The Morgan fingerprint density at radius 2 is 1.91 bits per heavy atom. The summed E-state index contributed by atoms with van der Waals surface area (Å²) in [6.07, 6.45) is 0.907. The lowest BCUT2D eigenvalue weighted by molar-refractivity contribution is 1.14. The highest BCUT2D eigenvalue weighted by Crippen LogP contribution is 2.23. The van der Waals surface area contributed by atoms with Crippen LogP contribution >= 0.6 is 12.6 Å². The van der Waals surface area contributed by atoms with Crippen LogP contribution in [0.5, 0.6) is 0 Å². The highest BCUT2D eigenvalue weighted by Gasteiger charge is 2.00. The first-order valence-corrected chi connectivity index (χ1v) is 3.96. The normalized spacial score (nSPS) is 10.0. The molecule has 4 N–H and O–H groups in total. The van der Waals surface area contributed by atoms with E-state index in [2.05, 4.69) is 12.6 Å². The van der Waals surface area contributed by atoms with E-state index in [1.54, 1.807) is 6.07 Å². The van der Waals surface area contributed by atoms with Gasteiger partial charge in [0.05, 0.1) is 0 Å². The largest absolute Gasteiger partial charge is 0.398 e.